The van der Waals surface area contributed by atoms with Gasteiger partial charge in [-0.2, -0.15) is 0 Å². The number of carbonyl (C=O) groups is 1. The van der Waals surface area contributed by atoms with Gasteiger partial charge in [0, 0.05) is 31.5 Å². The normalized spacial score (nSPS) is 23.3. The first-order valence-electron chi connectivity index (χ1n) is 7.75. The highest BCUT2D eigenvalue weighted by Gasteiger charge is 2.28. The van der Waals surface area contributed by atoms with Gasteiger partial charge >= 0.3 is 0 Å². The van der Waals surface area contributed by atoms with Gasteiger partial charge in [-0.25, -0.2) is 0 Å². The van der Waals surface area contributed by atoms with Gasteiger partial charge in [0.05, 0.1) is 11.8 Å². The Morgan fingerprint density at radius 2 is 2.19 bits per heavy atom. The third-order valence-electron chi connectivity index (χ3n) is 4.62. The Bertz CT molecular complexity index is 478. The van der Waals surface area contributed by atoms with Gasteiger partial charge in [-0.1, -0.05) is 18.5 Å². The lowest BCUT2D eigenvalue weighted by Crippen LogP contribution is -2.35. The van der Waals surface area contributed by atoms with Gasteiger partial charge in [0.25, 0.3) is 0 Å². The molecule has 118 valence electrons. The molecule has 0 radical (unpaired) electrons. The van der Waals surface area contributed by atoms with Crippen LogP contribution >= 0.6 is 0 Å². The van der Waals surface area contributed by atoms with Crippen molar-refractivity contribution in [3.05, 3.63) is 17.0 Å². The topological polar surface area (TPSA) is 66.6 Å². The molecule has 21 heavy (non-hydrogen) atoms. The van der Waals surface area contributed by atoms with E-state index >= 15 is 0 Å². The van der Waals surface area contributed by atoms with E-state index in [0.717, 1.165) is 36.3 Å². The van der Waals surface area contributed by atoms with Gasteiger partial charge in [0.15, 0.2) is 0 Å². The van der Waals surface area contributed by atoms with Crippen LogP contribution in [0.15, 0.2) is 4.52 Å². The maximum Gasteiger partial charge on any atom is 0.222 e. The number of rotatable bonds is 5. The van der Waals surface area contributed by atoms with E-state index in [-0.39, 0.29) is 23.8 Å². The molecule has 0 bridgehead atoms. The second-order valence-corrected chi connectivity index (χ2v) is 6.38. The van der Waals surface area contributed by atoms with Gasteiger partial charge in [0.2, 0.25) is 5.91 Å². The number of nitrogens with zero attached hydrogens (tertiary/aromatic N) is 2. The van der Waals surface area contributed by atoms with Gasteiger partial charge < -0.3 is 14.5 Å². The first-order chi connectivity index (χ1) is 9.90. The molecule has 2 rings (SSSR count). The average Bonchev–Trinajstić information content (AvgIpc) is 2.96. The minimum atomic E-state index is -0.250. The molecule has 0 spiro atoms. The molecule has 1 aliphatic rings. The van der Waals surface area contributed by atoms with Crippen LogP contribution in [0.4, 0.5) is 0 Å². The van der Waals surface area contributed by atoms with Gasteiger partial charge in [0.1, 0.15) is 5.76 Å². The Hall–Kier alpha value is -1.36. The zero-order chi connectivity index (χ0) is 15.6. The Morgan fingerprint density at radius 1 is 1.48 bits per heavy atom. The first-order valence-corrected chi connectivity index (χ1v) is 7.75. The number of aliphatic hydroxyl groups excluding tert-OH is 1. The monoisotopic (exact) mass is 294 g/mol. The molecule has 0 saturated heterocycles. The van der Waals surface area contributed by atoms with Crippen molar-refractivity contribution in [3.63, 3.8) is 0 Å². The van der Waals surface area contributed by atoms with E-state index in [0.29, 0.717) is 13.0 Å². The molecule has 3 unspecified atom stereocenters. The van der Waals surface area contributed by atoms with Crippen molar-refractivity contribution in [2.75, 3.05) is 13.6 Å². The van der Waals surface area contributed by atoms with E-state index in [1.807, 2.05) is 27.8 Å². The van der Waals surface area contributed by atoms with Crippen molar-refractivity contribution in [1.82, 2.24) is 10.1 Å². The summed E-state index contributed by atoms with van der Waals surface area (Å²) < 4.78 is 5.17. The summed E-state index contributed by atoms with van der Waals surface area (Å²) >= 11 is 0. The molecule has 1 aromatic heterocycles. The maximum absolute atomic E-state index is 12.4. The van der Waals surface area contributed by atoms with Crippen molar-refractivity contribution in [1.29, 1.82) is 0 Å². The zero-order valence-electron chi connectivity index (χ0n) is 13.4. The summed E-state index contributed by atoms with van der Waals surface area (Å²) in [6.45, 7) is 6.47. The van der Waals surface area contributed by atoms with Crippen LogP contribution in [0.1, 0.15) is 55.5 Å². The highest BCUT2D eigenvalue weighted by atomic mass is 16.5. The molecular formula is C16H26N2O3. The number of hydrogen-bond acceptors (Lipinski definition) is 4. The lowest BCUT2D eigenvalue weighted by atomic mass is 9.95. The molecular weight excluding hydrogens is 268 g/mol. The molecule has 1 aliphatic carbocycles. The summed E-state index contributed by atoms with van der Waals surface area (Å²) in [5, 5.41) is 13.8. The fourth-order valence-corrected chi connectivity index (χ4v) is 3.40. The van der Waals surface area contributed by atoms with Crippen LogP contribution in [0.3, 0.4) is 0 Å². The molecule has 1 fully saturated rings. The highest BCUT2D eigenvalue weighted by molar-refractivity contribution is 5.76. The minimum absolute atomic E-state index is 0.0969. The minimum Gasteiger partial charge on any atom is -0.393 e. The lowest BCUT2D eigenvalue weighted by Gasteiger charge is -2.24. The third-order valence-corrected chi connectivity index (χ3v) is 4.62. The summed E-state index contributed by atoms with van der Waals surface area (Å²) in [4.78, 5) is 14.1. The van der Waals surface area contributed by atoms with E-state index in [1.54, 1.807) is 4.90 Å². The van der Waals surface area contributed by atoms with Crippen molar-refractivity contribution in [2.24, 2.45) is 5.92 Å². The highest BCUT2D eigenvalue weighted by Crippen LogP contribution is 2.28. The van der Waals surface area contributed by atoms with Crippen molar-refractivity contribution >= 4 is 5.91 Å². The van der Waals surface area contributed by atoms with Crippen LogP contribution in [0.25, 0.3) is 0 Å². The predicted octanol–water partition coefficient (Wildman–Crippen LogP) is 2.40. The van der Waals surface area contributed by atoms with Crippen LogP contribution < -0.4 is 0 Å². The first kappa shape index (κ1) is 16.0. The summed E-state index contributed by atoms with van der Waals surface area (Å²) in [5.41, 5.74) is 1.90. The molecule has 1 N–H and O–H groups in total. The Balaban J connectivity index is 1.91. The average molecular weight is 294 g/mol. The number of aryl methyl sites for hydroxylation is 2. The SMILES string of the molecule is Cc1noc(C)c1C(C)CC(=O)N(C)CC1CCCC1O. The molecule has 0 aliphatic heterocycles. The number of aromatic nitrogens is 1. The summed E-state index contributed by atoms with van der Waals surface area (Å²) in [5.74, 6) is 1.23. The fourth-order valence-electron chi connectivity index (χ4n) is 3.40. The molecule has 3 atom stereocenters. The summed E-state index contributed by atoms with van der Waals surface area (Å²) in [6.07, 6.45) is 3.13. The van der Waals surface area contributed by atoms with Crippen LogP contribution in [-0.2, 0) is 4.79 Å². The van der Waals surface area contributed by atoms with Gasteiger partial charge in [-0.15, -0.1) is 0 Å². The summed E-state index contributed by atoms with van der Waals surface area (Å²) in [7, 11) is 1.83. The maximum atomic E-state index is 12.4. The van der Waals surface area contributed by atoms with E-state index < -0.39 is 0 Å². The number of amides is 1. The number of aliphatic hydroxyl groups is 1. The van der Waals surface area contributed by atoms with Crippen molar-refractivity contribution in [2.45, 2.75) is 58.5 Å². The smallest absolute Gasteiger partial charge is 0.222 e. The second-order valence-electron chi connectivity index (χ2n) is 6.38. The predicted molar refractivity (Wildman–Crippen MR) is 80.0 cm³/mol. The molecule has 5 heteroatoms. The Morgan fingerprint density at radius 3 is 2.71 bits per heavy atom. The van der Waals surface area contributed by atoms with Crippen molar-refractivity contribution < 1.29 is 14.4 Å². The van der Waals surface area contributed by atoms with Crippen molar-refractivity contribution in [3.8, 4) is 0 Å². The number of carbonyl (C=O) groups excluding carboxylic acids is 1. The Labute approximate surface area is 126 Å². The van der Waals surface area contributed by atoms with E-state index in [9.17, 15) is 9.90 Å². The molecule has 1 amide bonds. The van der Waals surface area contributed by atoms with Crippen LogP contribution in [0, 0.1) is 19.8 Å². The molecule has 0 aromatic carbocycles. The van der Waals surface area contributed by atoms with Gasteiger partial charge in [-0.05, 0) is 32.6 Å². The fraction of sp³-hybridized carbons (Fsp3) is 0.750. The van der Waals surface area contributed by atoms with Gasteiger partial charge in [-0.3, -0.25) is 4.79 Å². The quantitative estimate of drug-likeness (QED) is 0.905. The largest absolute Gasteiger partial charge is 0.393 e. The zero-order valence-corrected chi connectivity index (χ0v) is 13.4. The van der Waals surface area contributed by atoms with E-state index in [1.165, 1.54) is 0 Å². The third kappa shape index (κ3) is 3.64. The van der Waals surface area contributed by atoms with E-state index in [2.05, 4.69) is 5.16 Å². The molecule has 1 saturated carbocycles. The van der Waals surface area contributed by atoms with Crippen LogP contribution in [0.2, 0.25) is 0 Å². The van der Waals surface area contributed by atoms with E-state index in [4.69, 9.17) is 4.52 Å². The summed E-state index contributed by atoms with van der Waals surface area (Å²) in [6, 6.07) is 0. The molecule has 1 heterocycles. The standard InChI is InChI=1S/C16H26N2O3/c1-10(16-11(2)17-21-12(16)3)8-15(20)18(4)9-13-6-5-7-14(13)19/h10,13-14,19H,5-9H2,1-4H3. The molecule has 1 aromatic rings. The van der Waals surface area contributed by atoms with Crippen LogP contribution in [-0.4, -0.2) is 40.8 Å². The second kappa shape index (κ2) is 6.60. The lowest BCUT2D eigenvalue weighted by molar-refractivity contribution is -0.131. The molecule has 5 nitrogen and oxygen atoms in total. The Kier molecular flexibility index (Phi) is 5.04. The number of hydrogen-bond donors (Lipinski definition) is 1. The van der Waals surface area contributed by atoms with Crippen LogP contribution in [0.5, 0.6) is 0 Å².